The van der Waals surface area contributed by atoms with Crippen molar-refractivity contribution in [2.24, 2.45) is 0 Å². The molecule has 1 saturated heterocycles. The second-order valence-corrected chi connectivity index (χ2v) is 4.10. The maximum atomic E-state index is 5.61. The van der Waals surface area contributed by atoms with E-state index in [2.05, 4.69) is 20.3 Å². The smallest absolute Gasteiger partial charge is 0.323 e. The molecule has 1 fully saturated rings. The van der Waals surface area contributed by atoms with Gasteiger partial charge in [-0.15, -0.1) is 0 Å². The molecule has 3 N–H and O–H groups in total. The highest BCUT2D eigenvalue weighted by Crippen LogP contribution is 2.14. The van der Waals surface area contributed by atoms with Gasteiger partial charge < -0.3 is 20.5 Å². The lowest BCUT2D eigenvalue weighted by Crippen LogP contribution is -2.27. The highest BCUT2D eigenvalue weighted by atomic mass is 16.5. The Morgan fingerprint density at radius 2 is 2.28 bits per heavy atom. The van der Waals surface area contributed by atoms with Crippen LogP contribution in [0.5, 0.6) is 6.01 Å². The fraction of sp³-hybridized carbons (Fsp3) is 0.727. The maximum Gasteiger partial charge on any atom is 0.323 e. The van der Waals surface area contributed by atoms with Crippen LogP contribution in [0.25, 0.3) is 0 Å². The lowest BCUT2D eigenvalue weighted by atomic mass is 10.1. The molecule has 0 saturated carbocycles. The Kier molecular flexibility index (Phi) is 4.52. The van der Waals surface area contributed by atoms with Gasteiger partial charge in [0.2, 0.25) is 11.9 Å². The second-order valence-electron chi connectivity index (χ2n) is 4.10. The van der Waals surface area contributed by atoms with Gasteiger partial charge in [-0.3, -0.25) is 0 Å². The number of nitrogens with one attached hydrogen (secondary N) is 1. The fourth-order valence-electron chi connectivity index (χ4n) is 1.82. The molecule has 1 unspecified atom stereocenters. The summed E-state index contributed by atoms with van der Waals surface area (Å²) in [6.07, 6.45) is 3.62. The van der Waals surface area contributed by atoms with Gasteiger partial charge >= 0.3 is 6.01 Å². The summed E-state index contributed by atoms with van der Waals surface area (Å²) >= 11 is 0. The van der Waals surface area contributed by atoms with Crippen molar-refractivity contribution in [2.45, 2.75) is 32.3 Å². The van der Waals surface area contributed by atoms with Crippen LogP contribution in [0.4, 0.5) is 11.9 Å². The third-order valence-corrected chi connectivity index (χ3v) is 2.67. The van der Waals surface area contributed by atoms with Gasteiger partial charge in [0.05, 0.1) is 12.7 Å². The van der Waals surface area contributed by atoms with E-state index in [1.165, 1.54) is 6.42 Å². The molecule has 18 heavy (non-hydrogen) atoms. The summed E-state index contributed by atoms with van der Waals surface area (Å²) in [5.41, 5.74) is 5.58. The maximum absolute atomic E-state index is 5.61. The van der Waals surface area contributed by atoms with Gasteiger partial charge in [0.15, 0.2) is 0 Å². The number of anilines is 2. The summed E-state index contributed by atoms with van der Waals surface area (Å²) in [5.74, 6) is 0.584. The molecule has 1 aromatic heterocycles. The Labute approximate surface area is 106 Å². The minimum atomic E-state index is 0.153. The first-order valence-corrected chi connectivity index (χ1v) is 6.27. The Balaban J connectivity index is 1.91. The van der Waals surface area contributed by atoms with Crippen molar-refractivity contribution >= 4 is 11.9 Å². The van der Waals surface area contributed by atoms with Crippen molar-refractivity contribution < 1.29 is 9.47 Å². The van der Waals surface area contributed by atoms with E-state index in [0.29, 0.717) is 19.1 Å². The normalized spacial score (nSPS) is 19.5. The molecular formula is C11H19N5O2. The summed E-state index contributed by atoms with van der Waals surface area (Å²) in [5, 5.41) is 3.11. The molecule has 0 amide bonds. The van der Waals surface area contributed by atoms with Crippen LogP contribution in [0.2, 0.25) is 0 Å². The van der Waals surface area contributed by atoms with Crippen LogP contribution in [-0.4, -0.2) is 40.8 Å². The number of nitrogen functional groups attached to an aromatic ring is 1. The number of ether oxygens (including phenoxy) is 2. The predicted molar refractivity (Wildman–Crippen MR) is 67.5 cm³/mol. The molecule has 0 radical (unpaired) electrons. The average Bonchev–Trinajstić information content (AvgIpc) is 2.37. The molecule has 1 aromatic rings. The molecule has 2 heterocycles. The SMILES string of the molecule is CCOc1nc(N)nc(NCC2CCCCO2)n1. The van der Waals surface area contributed by atoms with Gasteiger partial charge in [-0.25, -0.2) is 0 Å². The molecule has 1 aliphatic rings. The number of hydrogen-bond donors (Lipinski definition) is 2. The first-order valence-electron chi connectivity index (χ1n) is 6.27. The Morgan fingerprint density at radius 1 is 1.39 bits per heavy atom. The van der Waals surface area contributed by atoms with Crippen molar-refractivity contribution in [1.82, 2.24) is 15.0 Å². The Bertz CT molecular complexity index is 382. The lowest BCUT2D eigenvalue weighted by molar-refractivity contribution is 0.0246. The highest BCUT2D eigenvalue weighted by Gasteiger charge is 2.14. The van der Waals surface area contributed by atoms with E-state index in [4.69, 9.17) is 15.2 Å². The van der Waals surface area contributed by atoms with Gasteiger partial charge in [-0.2, -0.15) is 15.0 Å². The quantitative estimate of drug-likeness (QED) is 0.802. The number of hydrogen-bond acceptors (Lipinski definition) is 7. The molecule has 7 nitrogen and oxygen atoms in total. The minimum absolute atomic E-state index is 0.153. The van der Waals surface area contributed by atoms with E-state index in [0.717, 1.165) is 19.4 Å². The molecule has 1 atom stereocenters. The third kappa shape index (κ3) is 3.69. The number of rotatable bonds is 5. The van der Waals surface area contributed by atoms with Crippen LogP contribution < -0.4 is 15.8 Å². The van der Waals surface area contributed by atoms with Crippen LogP contribution >= 0.6 is 0 Å². The van der Waals surface area contributed by atoms with Gasteiger partial charge in [-0.05, 0) is 26.2 Å². The summed E-state index contributed by atoms with van der Waals surface area (Å²) in [6.45, 7) is 3.86. The molecule has 7 heteroatoms. The van der Waals surface area contributed by atoms with E-state index in [1.54, 1.807) is 0 Å². The van der Waals surface area contributed by atoms with Crippen LogP contribution in [0.15, 0.2) is 0 Å². The molecule has 100 valence electrons. The minimum Gasteiger partial charge on any atom is -0.464 e. The van der Waals surface area contributed by atoms with Gasteiger partial charge in [-0.1, -0.05) is 0 Å². The first-order chi connectivity index (χ1) is 8.78. The van der Waals surface area contributed by atoms with Crippen molar-refractivity contribution in [3.8, 4) is 6.01 Å². The zero-order valence-electron chi connectivity index (χ0n) is 10.6. The third-order valence-electron chi connectivity index (χ3n) is 2.67. The molecule has 0 spiro atoms. The monoisotopic (exact) mass is 253 g/mol. The van der Waals surface area contributed by atoms with Crippen LogP contribution in [0.1, 0.15) is 26.2 Å². The average molecular weight is 253 g/mol. The van der Waals surface area contributed by atoms with E-state index in [9.17, 15) is 0 Å². The van der Waals surface area contributed by atoms with Gasteiger partial charge in [0.1, 0.15) is 0 Å². The standard InChI is InChI=1S/C11H19N5O2/c1-2-17-11-15-9(12)14-10(16-11)13-7-8-5-3-4-6-18-8/h8H,2-7H2,1H3,(H3,12,13,14,15,16). The van der Waals surface area contributed by atoms with Crippen LogP contribution in [0.3, 0.4) is 0 Å². The molecule has 1 aliphatic heterocycles. The topological polar surface area (TPSA) is 95.2 Å². The van der Waals surface area contributed by atoms with Gasteiger partial charge in [0, 0.05) is 13.2 Å². The van der Waals surface area contributed by atoms with Gasteiger partial charge in [0.25, 0.3) is 0 Å². The molecule has 0 bridgehead atoms. The molecule has 0 aromatic carbocycles. The Morgan fingerprint density at radius 3 is 3.00 bits per heavy atom. The van der Waals surface area contributed by atoms with Crippen molar-refractivity contribution in [2.75, 3.05) is 30.8 Å². The van der Waals surface area contributed by atoms with E-state index in [1.807, 2.05) is 6.92 Å². The highest BCUT2D eigenvalue weighted by molar-refractivity contribution is 5.32. The summed E-state index contributed by atoms with van der Waals surface area (Å²) in [4.78, 5) is 12.0. The van der Waals surface area contributed by atoms with Crippen molar-refractivity contribution in [3.05, 3.63) is 0 Å². The zero-order valence-corrected chi connectivity index (χ0v) is 10.6. The summed E-state index contributed by atoms with van der Waals surface area (Å²) in [7, 11) is 0. The van der Waals surface area contributed by atoms with Crippen molar-refractivity contribution in [3.63, 3.8) is 0 Å². The van der Waals surface area contributed by atoms with Crippen LogP contribution in [-0.2, 0) is 4.74 Å². The molecular weight excluding hydrogens is 234 g/mol. The molecule has 2 rings (SSSR count). The first kappa shape index (κ1) is 12.8. The largest absolute Gasteiger partial charge is 0.464 e. The van der Waals surface area contributed by atoms with Crippen LogP contribution in [0, 0.1) is 0 Å². The lowest BCUT2D eigenvalue weighted by Gasteiger charge is -2.22. The van der Waals surface area contributed by atoms with Crippen molar-refractivity contribution in [1.29, 1.82) is 0 Å². The number of nitrogens with zero attached hydrogens (tertiary/aromatic N) is 3. The number of nitrogens with two attached hydrogens (primary N) is 1. The van der Waals surface area contributed by atoms with E-state index < -0.39 is 0 Å². The summed E-state index contributed by atoms with van der Waals surface area (Å²) in [6, 6.07) is 0.247. The van der Waals surface area contributed by atoms with E-state index in [-0.39, 0.29) is 18.1 Å². The Hall–Kier alpha value is -1.63. The zero-order chi connectivity index (χ0) is 12.8. The predicted octanol–water partition coefficient (Wildman–Crippen LogP) is 0.833. The fourth-order valence-corrected chi connectivity index (χ4v) is 1.82. The second kappa shape index (κ2) is 6.34. The summed E-state index contributed by atoms with van der Waals surface area (Å²) < 4.78 is 10.8. The number of aromatic nitrogens is 3. The van der Waals surface area contributed by atoms with E-state index >= 15 is 0 Å². The molecule has 0 aliphatic carbocycles.